The fraction of sp³-hybridized carbons (Fsp3) is 0.571. The molecule has 0 amide bonds. The minimum Gasteiger partial charge on any atom is -0.470 e. The molecule has 1 saturated carbocycles. The first-order valence-electron chi connectivity index (χ1n) is 4.83. The maximum absolute atomic E-state index is 8.52. The van der Waals surface area contributed by atoms with Gasteiger partial charge in [0, 0.05) is 31.0 Å². The Labute approximate surface area is 101 Å². The van der Waals surface area contributed by atoms with Gasteiger partial charge >= 0.3 is 0 Å². The van der Waals surface area contributed by atoms with Crippen LogP contribution in [-0.2, 0) is 0 Å². The Morgan fingerprint density at radius 2 is 2.35 bits per heavy atom. The van der Waals surface area contributed by atoms with Crippen LogP contribution in [0.5, 0.6) is 5.88 Å². The molecule has 0 saturated heterocycles. The number of nitrogens with one attached hydrogen (secondary N) is 1. The van der Waals surface area contributed by atoms with Gasteiger partial charge in [-0.05, 0) is 10.3 Å². The first-order valence-corrected chi connectivity index (χ1v) is 5.71. The third-order valence-corrected chi connectivity index (χ3v) is 2.89. The second-order valence-corrected chi connectivity index (χ2v) is 4.02. The van der Waals surface area contributed by atoms with Crippen LogP contribution in [0.4, 0.5) is 0 Å². The molecule has 1 aromatic heterocycles. The average Bonchev–Trinajstić information content (AvgIpc) is 2.73. The molecular formula is C7H12N6O3S. The smallest absolute Gasteiger partial charge is 0.287 e. The van der Waals surface area contributed by atoms with Gasteiger partial charge in [-0.3, -0.25) is 5.14 Å². The van der Waals surface area contributed by atoms with Crippen molar-refractivity contribution in [3.63, 3.8) is 0 Å². The van der Waals surface area contributed by atoms with E-state index < -0.39 is 0 Å². The molecule has 0 unspecified atom stereocenters. The molecule has 9 nitrogen and oxygen atoms in total. The largest absolute Gasteiger partial charge is 0.470 e. The summed E-state index contributed by atoms with van der Waals surface area (Å²) in [4.78, 5) is 0. The van der Waals surface area contributed by atoms with Crippen molar-refractivity contribution in [2.24, 2.45) is 16.0 Å². The van der Waals surface area contributed by atoms with Gasteiger partial charge in [-0.25, -0.2) is 9.35 Å². The van der Waals surface area contributed by atoms with Gasteiger partial charge in [-0.1, -0.05) is 5.16 Å². The molecule has 2 rings (SSSR count). The fourth-order valence-corrected chi connectivity index (χ4v) is 1.86. The molecule has 1 aliphatic carbocycles. The van der Waals surface area contributed by atoms with E-state index >= 15 is 0 Å². The van der Waals surface area contributed by atoms with Crippen molar-refractivity contribution in [2.75, 3.05) is 0 Å². The van der Waals surface area contributed by atoms with Gasteiger partial charge in [-0.15, -0.1) is 0 Å². The molecule has 0 aromatic carbocycles. The van der Waals surface area contributed by atoms with Crippen molar-refractivity contribution in [3.05, 3.63) is 5.69 Å². The first-order chi connectivity index (χ1) is 8.24. The van der Waals surface area contributed by atoms with E-state index in [1.165, 1.54) is 0 Å². The zero-order valence-corrected chi connectivity index (χ0v) is 9.55. The van der Waals surface area contributed by atoms with Crippen molar-refractivity contribution in [3.8, 4) is 5.88 Å². The van der Waals surface area contributed by atoms with Crippen LogP contribution in [0.2, 0.25) is 0 Å². The standard InChI is InChI=1S/C7H12N6O3S/c8-6(10-14)5-7(12-16-11-5)15-4-1-3(2-4)13-17-9/h3-4,13-14H,1-2,9H2,(H2,8,10). The Kier molecular flexibility index (Phi) is 3.66. The highest BCUT2D eigenvalue weighted by Gasteiger charge is 2.32. The second kappa shape index (κ2) is 5.21. The SMILES string of the molecule is NSNC1CC(Oc2nonc2/C(N)=N/O)C1. The summed E-state index contributed by atoms with van der Waals surface area (Å²) in [7, 11) is 0. The normalized spacial score (nSPS) is 24.4. The lowest BCUT2D eigenvalue weighted by Crippen LogP contribution is -2.45. The highest BCUT2D eigenvalue weighted by Crippen LogP contribution is 2.26. The first kappa shape index (κ1) is 12.0. The maximum atomic E-state index is 8.52. The van der Waals surface area contributed by atoms with E-state index in [9.17, 15) is 0 Å². The van der Waals surface area contributed by atoms with Crippen molar-refractivity contribution >= 4 is 18.0 Å². The number of oxime groups is 1. The van der Waals surface area contributed by atoms with Gasteiger partial charge in [0.25, 0.3) is 5.88 Å². The summed E-state index contributed by atoms with van der Waals surface area (Å²) in [5.74, 6) is -0.0723. The van der Waals surface area contributed by atoms with Crippen molar-refractivity contribution in [1.82, 2.24) is 15.0 Å². The molecule has 1 aliphatic rings. The molecule has 1 aromatic rings. The predicted molar refractivity (Wildman–Crippen MR) is 59.2 cm³/mol. The number of nitrogens with zero attached hydrogens (tertiary/aromatic N) is 3. The van der Waals surface area contributed by atoms with Crippen molar-refractivity contribution in [2.45, 2.75) is 25.0 Å². The molecule has 6 N–H and O–H groups in total. The number of nitrogens with two attached hydrogens (primary N) is 2. The van der Waals surface area contributed by atoms with Crippen LogP contribution in [0.1, 0.15) is 18.5 Å². The van der Waals surface area contributed by atoms with Gasteiger partial charge in [-0.2, -0.15) is 0 Å². The van der Waals surface area contributed by atoms with E-state index in [2.05, 4.69) is 24.8 Å². The fourth-order valence-electron chi connectivity index (χ4n) is 1.47. The van der Waals surface area contributed by atoms with E-state index in [-0.39, 0.29) is 23.5 Å². The molecular weight excluding hydrogens is 248 g/mol. The van der Waals surface area contributed by atoms with E-state index in [0.29, 0.717) is 6.04 Å². The Bertz CT molecular complexity index is 404. The van der Waals surface area contributed by atoms with E-state index in [1.807, 2.05) is 0 Å². The molecule has 0 atom stereocenters. The lowest BCUT2D eigenvalue weighted by atomic mass is 9.90. The molecule has 1 fully saturated rings. The van der Waals surface area contributed by atoms with E-state index in [0.717, 1.165) is 25.0 Å². The van der Waals surface area contributed by atoms with Crippen LogP contribution in [0.15, 0.2) is 9.78 Å². The molecule has 0 bridgehead atoms. The zero-order chi connectivity index (χ0) is 12.3. The Morgan fingerprint density at radius 3 is 3.00 bits per heavy atom. The Balaban J connectivity index is 1.90. The number of hydrogen-bond acceptors (Lipinski definition) is 9. The molecule has 17 heavy (non-hydrogen) atoms. The van der Waals surface area contributed by atoms with Crippen LogP contribution >= 0.6 is 12.1 Å². The minimum atomic E-state index is -0.201. The number of ether oxygens (including phenoxy) is 1. The summed E-state index contributed by atoms with van der Waals surface area (Å²) in [6.45, 7) is 0. The van der Waals surface area contributed by atoms with E-state index in [1.54, 1.807) is 0 Å². The van der Waals surface area contributed by atoms with Gasteiger partial charge < -0.3 is 15.7 Å². The number of hydrogen-bond donors (Lipinski definition) is 4. The Morgan fingerprint density at radius 1 is 1.59 bits per heavy atom. The topological polar surface area (TPSA) is 145 Å². The summed E-state index contributed by atoms with van der Waals surface area (Å²) < 4.78 is 13.0. The van der Waals surface area contributed by atoms with Gasteiger partial charge in [0.15, 0.2) is 5.84 Å². The highest BCUT2D eigenvalue weighted by molar-refractivity contribution is 7.95. The molecule has 10 heteroatoms. The van der Waals surface area contributed by atoms with Crippen LogP contribution in [0.3, 0.4) is 0 Å². The number of aromatic nitrogens is 2. The second-order valence-electron chi connectivity index (χ2n) is 3.55. The third kappa shape index (κ3) is 2.60. The lowest BCUT2D eigenvalue weighted by molar-refractivity contribution is 0.0857. The molecule has 1 heterocycles. The van der Waals surface area contributed by atoms with E-state index in [4.69, 9.17) is 20.8 Å². The number of rotatable bonds is 5. The van der Waals surface area contributed by atoms with Crippen LogP contribution < -0.4 is 20.3 Å². The van der Waals surface area contributed by atoms with Crippen molar-refractivity contribution < 1.29 is 14.6 Å². The molecule has 0 spiro atoms. The summed E-state index contributed by atoms with van der Waals surface area (Å²) >= 11 is 1.08. The zero-order valence-electron chi connectivity index (χ0n) is 8.74. The molecule has 0 radical (unpaired) electrons. The van der Waals surface area contributed by atoms with Crippen LogP contribution in [0.25, 0.3) is 0 Å². The minimum absolute atomic E-state index is 0.00297. The lowest BCUT2D eigenvalue weighted by Gasteiger charge is -2.34. The van der Waals surface area contributed by atoms with Gasteiger partial charge in [0.1, 0.15) is 6.10 Å². The third-order valence-electron chi connectivity index (χ3n) is 2.42. The summed E-state index contributed by atoms with van der Waals surface area (Å²) in [6.07, 6.45) is 1.59. The van der Waals surface area contributed by atoms with Gasteiger partial charge in [0.05, 0.1) is 0 Å². The van der Waals surface area contributed by atoms with Gasteiger partial charge in [0.2, 0.25) is 5.69 Å². The summed E-state index contributed by atoms with van der Waals surface area (Å²) in [5, 5.41) is 23.6. The molecule has 0 aliphatic heterocycles. The number of amidine groups is 1. The Hall–Kier alpha value is -1.52. The van der Waals surface area contributed by atoms with Crippen molar-refractivity contribution in [1.29, 1.82) is 0 Å². The van der Waals surface area contributed by atoms with Crippen LogP contribution in [-0.4, -0.2) is 33.5 Å². The monoisotopic (exact) mass is 260 g/mol. The maximum Gasteiger partial charge on any atom is 0.287 e. The van der Waals surface area contributed by atoms with Crippen LogP contribution in [0, 0.1) is 0 Å². The average molecular weight is 260 g/mol. The molecule has 94 valence electrons. The summed E-state index contributed by atoms with van der Waals surface area (Å²) in [6, 6.07) is 0.321. The highest BCUT2D eigenvalue weighted by atomic mass is 32.2. The summed E-state index contributed by atoms with van der Waals surface area (Å²) in [5.41, 5.74) is 5.47. The predicted octanol–water partition coefficient (Wildman–Crippen LogP) is -0.815. The quantitative estimate of drug-likeness (QED) is 0.175.